The molecule has 1 aliphatic rings. The first-order chi connectivity index (χ1) is 7.63. The largest absolute Gasteiger partial charge is 0.494 e. The monoisotopic (exact) mass is 243 g/mol. The average Bonchev–Trinajstić information content (AvgIpc) is 2.22. The van der Waals surface area contributed by atoms with Gasteiger partial charge in [0.15, 0.2) is 11.6 Å². The van der Waals surface area contributed by atoms with Gasteiger partial charge in [-0.2, -0.15) is 0 Å². The van der Waals surface area contributed by atoms with Crippen LogP contribution in [0.4, 0.5) is 4.39 Å². The summed E-state index contributed by atoms with van der Waals surface area (Å²) >= 11 is 5.85. The molecular weight excluding hydrogens is 229 g/mol. The van der Waals surface area contributed by atoms with E-state index in [0.717, 1.165) is 24.8 Å². The van der Waals surface area contributed by atoms with E-state index in [1.807, 2.05) is 0 Å². The molecular formula is C12H15ClFNO. The summed E-state index contributed by atoms with van der Waals surface area (Å²) in [5, 5.41) is 0.106. The maximum absolute atomic E-state index is 13.5. The van der Waals surface area contributed by atoms with Crippen molar-refractivity contribution in [2.24, 2.45) is 5.73 Å². The van der Waals surface area contributed by atoms with Crippen LogP contribution in [0.2, 0.25) is 5.02 Å². The van der Waals surface area contributed by atoms with Crippen LogP contribution in [0.15, 0.2) is 12.1 Å². The molecule has 1 fully saturated rings. The highest BCUT2D eigenvalue weighted by Gasteiger charge is 2.38. The summed E-state index contributed by atoms with van der Waals surface area (Å²) in [5.74, 6) is -0.304. The second-order valence-electron chi connectivity index (χ2n) is 4.31. The van der Waals surface area contributed by atoms with E-state index in [1.165, 1.54) is 7.11 Å². The van der Waals surface area contributed by atoms with Crippen molar-refractivity contribution in [3.63, 3.8) is 0 Å². The standard InChI is InChI=1S/C12H15ClFNO/c1-16-10-6-8(5-9(13)11(10)14)12(7-15)3-2-4-12/h5-6H,2-4,7,15H2,1H3. The molecule has 16 heavy (non-hydrogen) atoms. The molecule has 1 saturated carbocycles. The third-order valence-electron chi connectivity index (χ3n) is 3.53. The van der Waals surface area contributed by atoms with Crippen molar-refractivity contribution in [3.8, 4) is 5.75 Å². The van der Waals surface area contributed by atoms with Crippen molar-refractivity contribution < 1.29 is 9.13 Å². The zero-order chi connectivity index (χ0) is 11.8. The van der Waals surface area contributed by atoms with Gasteiger partial charge in [0.25, 0.3) is 0 Å². The highest BCUT2D eigenvalue weighted by atomic mass is 35.5. The molecule has 0 atom stereocenters. The van der Waals surface area contributed by atoms with E-state index < -0.39 is 5.82 Å². The second-order valence-corrected chi connectivity index (χ2v) is 4.72. The maximum Gasteiger partial charge on any atom is 0.183 e. The molecule has 0 aromatic heterocycles. The Balaban J connectivity index is 2.45. The highest BCUT2D eigenvalue weighted by Crippen LogP contribution is 2.45. The molecule has 0 unspecified atom stereocenters. The van der Waals surface area contributed by atoms with Gasteiger partial charge in [-0.3, -0.25) is 0 Å². The Morgan fingerprint density at radius 3 is 2.62 bits per heavy atom. The van der Waals surface area contributed by atoms with Crippen LogP contribution in [0, 0.1) is 5.82 Å². The molecule has 2 rings (SSSR count). The molecule has 0 radical (unpaired) electrons. The van der Waals surface area contributed by atoms with E-state index in [1.54, 1.807) is 12.1 Å². The molecule has 1 aliphatic carbocycles. The summed E-state index contributed by atoms with van der Waals surface area (Å²) in [7, 11) is 1.44. The topological polar surface area (TPSA) is 35.2 Å². The lowest BCUT2D eigenvalue weighted by Gasteiger charge is -2.41. The van der Waals surface area contributed by atoms with Crippen molar-refractivity contribution in [1.82, 2.24) is 0 Å². The van der Waals surface area contributed by atoms with Crippen LogP contribution in [-0.4, -0.2) is 13.7 Å². The molecule has 0 heterocycles. The van der Waals surface area contributed by atoms with Crippen LogP contribution in [0.5, 0.6) is 5.75 Å². The molecule has 0 amide bonds. The lowest BCUT2D eigenvalue weighted by atomic mass is 9.64. The Morgan fingerprint density at radius 1 is 1.50 bits per heavy atom. The fraction of sp³-hybridized carbons (Fsp3) is 0.500. The van der Waals surface area contributed by atoms with Gasteiger partial charge < -0.3 is 10.5 Å². The summed E-state index contributed by atoms with van der Waals surface area (Å²) in [6.07, 6.45) is 3.23. The Bertz CT molecular complexity index is 399. The van der Waals surface area contributed by atoms with Crippen LogP contribution in [0.25, 0.3) is 0 Å². The molecule has 0 spiro atoms. The van der Waals surface area contributed by atoms with E-state index in [-0.39, 0.29) is 16.2 Å². The molecule has 88 valence electrons. The lowest BCUT2D eigenvalue weighted by molar-refractivity contribution is 0.251. The maximum atomic E-state index is 13.5. The van der Waals surface area contributed by atoms with Gasteiger partial charge in [-0.1, -0.05) is 18.0 Å². The number of benzene rings is 1. The minimum absolute atomic E-state index is 0.0232. The van der Waals surface area contributed by atoms with Crippen molar-refractivity contribution in [1.29, 1.82) is 0 Å². The van der Waals surface area contributed by atoms with Crippen LogP contribution in [0.1, 0.15) is 24.8 Å². The first-order valence-electron chi connectivity index (χ1n) is 5.36. The first-order valence-corrected chi connectivity index (χ1v) is 5.74. The summed E-state index contributed by atoms with van der Waals surface area (Å²) in [4.78, 5) is 0. The quantitative estimate of drug-likeness (QED) is 0.886. The van der Waals surface area contributed by atoms with E-state index in [2.05, 4.69) is 0 Å². The summed E-state index contributed by atoms with van der Waals surface area (Å²) in [6.45, 7) is 0.568. The first kappa shape index (κ1) is 11.7. The third kappa shape index (κ3) is 1.68. The number of hydrogen-bond acceptors (Lipinski definition) is 2. The van der Waals surface area contributed by atoms with E-state index >= 15 is 0 Å². The van der Waals surface area contributed by atoms with E-state index in [0.29, 0.717) is 6.54 Å². The van der Waals surface area contributed by atoms with Crippen molar-refractivity contribution >= 4 is 11.6 Å². The molecule has 0 aliphatic heterocycles. The zero-order valence-electron chi connectivity index (χ0n) is 9.22. The molecule has 2 N–H and O–H groups in total. The summed E-state index contributed by atoms with van der Waals surface area (Å²) in [6, 6.07) is 3.39. The van der Waals surface area contributed by atoms with E-state index in [4.69, 9.17) is 22.1 Å². The van der Waals surface area contributed by atoms with Crippen LogP contribution in [0.3, 0.4) is 0 Å². The molecule has 0 saturated heterocycles. The average molecular weight is 244 g/mol. The Kier molecular flexibility index (Phi) is 3.08. The Hall–Kier alpha value is -0.800. The summed E-state index contributed by atoms with van der Waals surface area (Å²) < 4.78 is 18.5. The molecule has 1 aromatic rings. The van der Waals surface area contributed by atoms with Gasteiger partial charge in [-0.15, -0.1) is 0 Å². The van der Waals surface area contributed by atoms with Gasteiger partial charge in [0.05, 0.1) is 12.1 Å². The predicted molar refractivity (Wildman–Crippen MR) is 62.5 cm³/mol. The minimum atomic E-state index is -0.501. The van der Waals surface area contributed by atoms with Gasteiger partial charge in [-0.25, -0.2) is 4.39 Å². The minimum Gasteiger partial charge on any atom is -0.494 e. The summed E-state index contributed by atoms with van der Waals surface area (Å²) in [5.41, 5.74) is 6.77. The molecule has 0 bridgehead atoms. The van der Waals surface area contributed by atoms with Crippen LogP contribution in [-0.2, 0) is 5.41 Å². The number of hydrogen-bond donors (Lipinski definition) is 1. The van der Waals surface area contributed by atoms with Crippen LogP contribution >= 0.6 is 11.6 Å². The zero-order valence-corrected chi connectivity index (χ0v) is 9.98. The number of halogens is 2. The number of ether oxygens (including phenoxy) is 1. The normalized spacial score (nSPS) is 18.0. The number of rotatable bonds is 3. The number of nitrogens with two attached hydrogens (primary N) is 1. The van der Waals surface area contributed by atoms with Crippen LogP contribution < -0.4 is 10.5 Å². The SMILES string of the molecule is COc1cc(C2(CN)CCC2)cc(Cl)c1F. The molecule has 1 aromatic carbocycles. The lowest BCUT2D eigenvalue weighted by Crippen LogP contribution is -2.41. The second kappa shape index (κ2) is 4.22. The van der Waals surface area contributed by atoms with Gasteiger partial charge in [-0.05, 0) is 30.5 Å². The fourth-order valence-corrected chi connectivity index (χ4v) is 2.44. The van der Waals surface area contributed by atoms with Gasteiger partial charge in [0.1, 0.15) is 0 Å². The van der Waals surface area contributed by atoms with Crippen molar-refractivity contribution in [3.05, 3.63) is 28.5 Å². The van der Waals surface area contributed by atoms with Gasteiger partial charge in [0, 0.05) is 12.0 Å². The Morgan fingerprint density at radius 2 is 2.19 bits per heavy atom. The molecule has 4 heteroatoms. The predicted octanol–water partition coefficient (Wildman–Crippen LogP) is 2.87. The van der Waals surface area contributed by atoms with Gasteiger partial charge >= 0.3 is 0 Å². The highest BCUT2D eigenvalue weighted by molar-refractivity contribution is 6.31. The molecule has 2 nitrogen and oxygen atoms in total. The number of methoxy groups -OCH3 is 1. The smallest absolute Gasteiger partial charge is 0.183 e. The van der Waals surface area contributed by atoms with E-state index in [9.17, 15) is 4.39 Å². The Labute approximate surface area is 99.5 Å². The fourth-order valence-electron chi connectivity index (χ4n) is 2.23. The van der Waals surface area contributed by atoms with Crippen molar-refractivity contribution in [2.45, 2.75) is 24.7 Å². The third-order valence-corrected chi connectivity index (χ3v) is 3.80. The van der Waals surface area contributed by atoms with Crippen molar-refractivity contribution in [2.75, 3.05) is 13.7 Å². The van der Waals surface area contributed by atoms with Gasteiger partial charge in [0.2, 0.25) is 0 Å².